The number of nitrogens with one attached hydrogen (secondary N) is 3. The minimum Gasteiger partial charge on any atom is -0.345 e. The highest BCUT2D eigenvalue weighted by molar-refractivity contribution is 9.10. The van der Waals surface area contributed by atoms with Crippen LogP contribution in [0.3, 0.4) is 0 Å². The van der Waals surface area contributed by atoms with Crippen LogP contribution < -0.4 is 16.0 Å². The Labute approximate surface area is 161 Å². The van der Waals surface area contributed by atoms with E-state index in [2.05, 4.69) is 31.9 Å². The number of urea groups is 1. The van der Waals surface area contributed by atoms with Gasteiger partial charge in [0.2, 0.25) is 0 Å². The molecule has 0 bridgehead atoms. The Morgan fingerprint density at radius 2 is 1.88 bits per heavy atom. The van der Waals surface area contributed by atoms with E-state index < -0.39 is 0 Å². The van der Waals surface area contributed by atoms with Crippen LogP contribution in [-0.2, 0) is 0 Å². The Balaban J connectivity index is 1.65. The van der Waals surface area contributed by atoms with Gasteiger partial charge in [0.05, 0.1) is 6.04 Å². The molecule has 0 aliphatic heterocycles. The molecule has 2 aromatic carbocycles. The summed E-state index contributed by atoms with van der Waals surface area (Å²) in [5.41, 5.74) is 2.18. The van der Waals surface area contributed by atoms with Crippen molar-refractivity contribution in [2.45, 2.75) is 38.3 Å². The summed E-state index contributed by atoms with van der Waals surface area (Å²) in [6.07, 6.45) is 2.85. The van der Waals surface area contributed by atoms with Gasteiger partial charge < -0.3 is 16.0 Å². The summed E-state index contributed by atoms with van der Waals surface area (Å²) in [4.78, 5) is 24.5. The molecule has 6 heteroatoms. The van der Waals surface area contributed by atoms with Crippen LogP contribution in [0.2, 0.25) is 0 Å². The molecule has 0 spiro atoms. The van der Waals surface area contributed by atoms with E-state index in [0.29, 0.717) is 11.3 Å². The van der Waals surface area contributed by atoms with Crippen LogP contribution in [0.25, 0.3) is 0 Å². The number of anilines is 1. The lowest BCUT2D eigenvalue weighted by atomic mass is 10.0. The quantitative estimate of drug-likeness (QED) is 0.644. The molecule has 3 N–H and O–H groups in total. The zero-order valence-corrected chi connectivity index (χ0v) is 16.2. The lowest BCUT2D eigenvalue weighted by molar-refractivity contribution is 0.0935. The topological polar surface area (TPSA) is 70.2 Å². The van der Waals surface area contributed by atoms with Gasteiger partial charge in [-0.3, -0.25) is 4.79 Å². The van der Waals surface area contributed by atoms with E-state index in [1.54, 1.807) is 24.3 Å². The molecular formula is C20H22BrN3O2. The normalized spacial score (nSPS) is 14.4. The fourth-order valence-electron chi connectivity index (χ4n) is 2.68. The molecule has 3 amide bonds. The smallest absolute Gasteiger partial charge is 0.319 e. The summed E-state index contributed by atoms with van der Waals surface area (Å²) in [6.45, 7) is 2.03. The second-order valence-electron chi connectivity index (χ2n) is 6.44. The highest BCUT2D eigenvalue weighted by atomic mass is 79.9. The van der Waals surface area contributed by atoms with Gasteiger partial charge in [-0.15, -0.1) is 0 Å². The zero-order valence-electron chi connectivity index (χ0n) is 14.6. The van der Waals surface area contributed by atoms with Crippen molar-refractivity contribution in [3.8, 4) is 0 Å². The number of hydrogen-bond donors (Lipinski definition) is 3. The summed E-state index contributed by atoms with van der Waals surface area (Å²) in [7, 11) is 0. The van der Waals surface area contributed by atoms with Crippen molar-refractivity contribution in [3.63, 3.8) is 0 Å². The second kappa shape index (κ2) is 8.36. The van der Waals surface area contributed by atoms with E-state index in [0.717, 1.165) is 29.3 Å². The van der Waals surface area contributed by atoms with E-state index in [1.165, 1.54) is 0 Å². The van der Waals surface area contributed by atoms with Crippen LogP contribution in [0.1, 0.15) is 48.1 Å². The van der Waals surface area contributed by atoms with Crippen molar-refractivity contribution < 1.29 is 9.59 Å². The SMILES string of the molecule is CCC(NC(=O)c1cccc(NC(=O)NC2CC2)c1)c1ccc(Br)cc1. The Morgan fingerprint density at radius 3 is 2.54 bits per heavy atom. The van der Waals surface area contributed by atoms with Crippen molar-refractivity contribution in [2.75, 3.05) is 5.32 Å². The molecule has 3 rings (SSSR count). The Morgan fingerprint density at radius 1 is 1.15 bits per heavy atom. The van der Waals surface area contributed by atoms with Gasteiger partial charge in [0.25, 0.3) is 5.91 Å². The summed E-state index contributed by atoms with van der Waals surface area (Å²) in [5, 5.41) is 8.70. The predicted octanol–water partition coefficient (Wildman–Crippen LogP) is 4.61. The van der Waals surface area contributed by atoms with Gasteiger partial charge in [0.15, 0.2) is 0 Å². The number of hydrogen-bond acceptors (Lipinski definition) is 2. The standard InChI is InChI=1S/C20H22BrN3O2/c1-2-18(13-6-8-15(21)9-7-13)24-19(25)14-4-3-5-17(12-14)23-20(26)22-16-10-11-16/h3-9,12,16,18H,2,10-11H2,1H3,(H,24,25)(H2,22,23,26). The minimum absolute atomic E-state index is 0.0645. The minimum atomic E-state index is -0.230. The summed E-state index contributed by atoms with van der Waals surface area (Å²) >= 11 is 3.42. The van der Waals surface area contributed by atoms with Crippen LogP contribution in [0.5, 0.6) is 0 Å². The number of rotatable bonds is 6. The second-order valence-corrected chi connectivity index (χ2v) is 7.36. The van der Waals surface area contributed by atoms with Crippen LogP contribution in [0, 0.1) is 0 Å². The molecule has 2 aromatic rings. The van der Waals surface area contributed by atoms with Crippen LogP contribution >= 0.6 is 15.9 Å². The van der Waals surface area contributed by atoms with Crippen molar-refractivity contribution >= 4 is 33.6 Å². The molecule has 1 saturated carbocycles. The lowest BCUT2D eigenvalue weighted by Crippen LogP contribution is -2.31. The molecule has 1 unspecified atom stereocenters. The molecule has 1 aliphatic rings. The Hall–Kier alpha value is -2.34. The third kappa shape index (κ3) is 5.08. The van der Waals surface area contributed by atoms with E-state index >= 15 is 0 Å². The first-order valence-corrected chi connectivity index (χ1v) is 9.58. The van der Waals surface area contributed by atoms with Crippen molar-refractivity contribution in [2.24, 2.45) is 0 Å². The van der Waals surface area contributed by atoms with E-state index in [-0.39, 0.29) is 24.0 Å². The molecule has 0 radical (unpaired) electrons. The van der Waals surface area contributed by atoms with Gasteiger partial charge in [-0.1, -0.05) is 41.1 Å². The maximum Gasteiger partial charge on any atom is 0.319 e. The highest BCUT2D eigenvalue weighted by Crippen LogP contribution is 2.21. The van der Waals surface area contributed by atoms with Gasteiger partial charge in [-0.25, -0.2) is 4.79 Å². The van der Waals surface area contributed by atoms with Gasteiger partial charge in [0.1, 0.15) is 0 Å². The monoisotopic (exact) mass is 415 g/mol. The van der Waals surface area contributed by atoms with Crippen molar-refractivity contribution in [1.82, 2.24) is 10.6 Å². The first-order valence-electron chi connectivity index (χ1n) is 8.79. The summed E-state index contributed by atoms with van der Waals surface area (Å²) in [5.74, 6) is -0.161. The number of benzene rings is 2. The van der Waals surface area contributed by atoms with Crippen molar-refractivity contribution in [3.05, 3.63) is 64.1 Å². The molecule has 5 nitrogen and oxygen atoms in total. The molecule has 26 heavy (non-hydrogen) atoms. The van der Waals surface area contributed by atoms with Crippen LogP contribution in [-0.4, -0.2) is 18.0 Å². The van der Waals surface area contributed by atoms with Gasteiger partial charge in [-0.2, -0.15) is 0 Å². The Bertz CT molecular complexity index is 788. The molecule has 0 aromatic heterocycles. The molecule has 1 fully saturated rings. The van der Waals surface area contributed by atoms with Crippen molar-refractivity contribution in [1.29, 1.82) is 0 Å². The summed E-state index contributed by atoms with van der Waals surface area (Å²) < 4.78 is 1.01. The average molecular weight is 416 g/mol. The number of carbonyl (C=O) groups excluding carboxylic acids is 2. The zero-order chi connectivity index (χ0) is 18.5. The highest BCUT2D eigenvalue weighted by Gasteiger charge is 2.23. The molecule has 136 valence electrons. The maximum absolute atomic E-state index is 12.6. The largest absolute Gasteiger partial charge is 0.345 e. The maximum atomic E-state index is 12.6. The van der Waals surface area contributed by atoms with E-state index in [4.69, 9.17) is 0 Å². The molecule has 1 atom stereocenters. The van der Waals surface area contributed by atoms with Gasteiger partial charge in [-0.05, 0) is 55.2 Å². The molecule has 0 heterocycles. The first kappa shape index (κ1) is 18.5. The molecular weight excluding hydrogens is 394 g/mol. The number of carbonyl (C=O) groups is 2. The number of amides is 3. The van der Waals surface area contributed by atoms with Crippen LogP contribution in [0.4, 0.5) is 10.5 Å². The first-order chi connectivity index (χ1) is 12.5. The fourth-order valence-corrected chi connectivity index (χ4v) is 2.94. The average Bonchev–Trinajstić information content (AvgIpc) is 3.44. The van der Waals surface area contributed by atoms with Crippen LogP contribution in [0.15, 0.2) is 53.0 Å². The lowest BCUT2D eigenvalue weighted by Gasteiger charge is -2.18. The van der Waals surface area contributed by atoms with E-state index in [1.807, 2.05) is 31.2 Å². The van der Waals surface area contributed by atoms with Gasteiger partial charge >= 0.3 is 6.03 Å². The molecule has 1 aliphatic carbocycles. The van der Waals surface area contributed by atoms with Gasteiger partial charge in [0, 0.05) is 21.8 Å². The third-order valence-corrected chi connectivity index (χ3v) is 4.81. The molecule has 0 saturated heterocycles. The summed E-state index contributed by atoms with van der Waals surface area (Å²) in [6, 6.07) is 14.9. The number of halogens is 1. The van der Waals surface area contributed by atoms with E-state index in [9.17, 15) is 9.59 Å². The Kier molecular flexibility index (Phi) is 5.93. The fraction of sp³-hybridized carbons (Fsp3) is 0.300. The predicted molar refractivity (Wildman–Crippen MR) is 106 cm³/mol. The third-order valence-electron chi connectivity index (χ3n) is 4.28.